The quantitative estimate of drug-likeness (QED) is 0.831. The summed E-state index contributed by atoms with van der Waals surface area (Å²) in [7, 11) is 1.75. The zero-order chi connectivity index (χ0) is 17.2. The minimum atomic E-state index is 0.144. The lowest BCUT2D eigenvalue weighted by Gasteiger charge is -2.47. The number of aromatic nitrogens is 3. The van der Waals surface area contributed by atoms with E-state index >= 15 is 0 Å². The first-order chi connectivity index (χ1) is 12.3. The molecule has 1 aromatic heterocycles. The number of ether oxygens (including phenoxy) is 2. The second-order valence-electron chi connectivity index (χ2n) is 6.98. The first-order valence-electron chi connectivity index (χ1n) is 9.15. The Hall–Kier alpha value is -1.92. The highest BCUT2D eigenvalue weighted by Crippen LogP contribution is 2.35. The Bertz CT molecular complexity index is 703. The Balaban J connectivity index is 1.58. The summed E-state index contributed by atoms with van der Waals surface area (Å²) in [5.41, 5.74) is 2.71. The van der Waals surface area contributed by atoms with Crippen molar-refractivity contribution in [3.05, 3.63) is 42.0 Å². The van der Waals surface area contributed by atoms with Crippen LogP contribution in [0.2, 0.25) is 0 Å². The molecule has 1 aromatic carbocycles. The highest BCUT2D eigenvalue weighted by molar-refractivity contribution is 5.43. The minimum absolute atomic E-state index is 0.144. The number of hydrogen-bond donors (Lipinski definition) is 0. The molecule has 0 radical (unpaired) electrons. The van der Waals surface area contributed by atoms with Crippen molar-refractivity contribution in [2.75, 3.05) is 20.2 Å². The van der Waals surface area contributed by atoms with Crippen LogP contribution in [0.25, 0.3) is 0 Å². The Labute approximate surface area is 148 Å². The van der Waals surface area contributed by atoms with Gasteiger partial charge in [0.25, 0.3) is 0 Å². The van der Waals surface area contributed by atoms with Crippen LogP contribution in [-0.2, 0) is 24.1 Å². The van der Waals surface area contributed by atoms with Crippen molar-refractivity contribution in [3.8, 4) is 5.75 Å². The van der Waals surface area contributed by atoms with Gasteiger partial charge in [0, 0.05) is 19.0 Å². The van der Waals surface area contributed by atoms with Crippen molar-refractivity contribution < 1.29 is 9.47 Å². The van der Waals surface area contributed by atoms with Gasteiger partial charge in [-0.2, -0.15) is 5.10 Å². The molecule has 1 saturated heterocycles. The summed E-state index contributed by atoms with van der Waals surface area (Å²) in [4.78, 5) is 6.65. The lowest BCUT2D eigenvalue weighted by molar-refractivity contribution is -0.128. The van der Waals surface area contributed by atoms with Crippen LogP contribution in [0.4, 0.5) is 0 Å². The van der Waals surface area contributed by atoms with Crippen molar-refractivity contribution in [2.24, 2.45) is 0 Å². The van der Waals surface area contributed by atoms with Gasteiger partial charge in [-0.3, -0.25) is 9.58 Å². The van der Waals surface area contributed by atoms with Gasteiger partial charge >= 0.3 is 0 Å². The molecule has 1 fully saturated rings. The van der Waals surface area contributed by atoms with Crippen LogP contribution in [0.1, 0.15) is 24.5 Å². The summed E-state index contributed by atoms with van der Waals surface area (Å²) in [6.45, 7) is 5.06. The maximum Gasteiger partial charge on any atom is 0.137 e. The smallest absolute Gasteiger partial charge is 0.137 e. The van der Waals surface area contributed by atoms with Gasteiger partial charge in [0.05, 0.1) is 25.9 Å². The number of nitrogens with zero attached hydrogens (tertiary/aromatic N) is 4. The largest absolute Gasteiger partial charge is 0.496 e. The second-order valence-corrected chi connectivity index (χ2v) is 6.98. The molecule has 2 aromatic rings. The standard InChI is InChI=1S/C19H26N4O2/c1-3-7-22-10-15(11-23-13-20-12-21-23)25-19-9-16-14(8-17(19)22)5-4-6-18(16)24-2/h4-6,12-13,15,17,19H,3,7-11H2,1-2H3/t15-,17-,19-/m1/s1. The van der Waals surface area contributed by atoms with E-state index in [1.807, 2.05) is 4.68 Å². The van der Waals surface area contributed by atoms with Crippen molar-refractivity contribution in [1.82, 2.24) is 19.7 Å². The molecule has 2 heterocycles. The van der Waals surface area contributed by atoms with Gasteiger partial charge in [-0.05, 0) is 36.6 Å². The molecule has 4 rings (SSSR count). The molecular formula is C19H26N4O2. The monoisotopic (exact) mass is 342 g/mol. The van der Waals surface area contributed by atoms with Crippen LogP contribution < -0.4 is 4.74 Å². The number of rotatable bonds is 5. The molecule has 0 N–H and O–H groups in total. The molecule has 1 aliphatic carbocycles. The van der Waals surface area contributed by atoms with Crippen LogP contribution >= 0.6 is 0 Å². The average molecular weight is 342 g/mol. The summed E-state index contributed by atoms with van der Waals surface area (Å²) in [5, 5.41) is 4.24. The minimum Gasteiger partial charge on any atom is -0.496 e. The molecule has 0 unspecified atom stereocenters. The van der Waals surface area contributed by atoms with Gasteiger partial charge in [-0.15, -0.1) is 0 Å². The van der Waals surface area contributed by atoms with Gasteiger partial charge in [0.2, 0.25) is 0 Å². The Morgan fingerprint density at radius 1 is 1.32 bits per heavy atom. The molecule has 0 saturated carbocycles. The first kappa shape index (κ1) is 16.5. The predicted octanol–water partition coefficient (Wildman–Crippen LogP) is 1.93. The molecule has 0 amide bonds. The van der Waals surface area contributed by atoms with Gasteiger partial charge in [-0.1, -0.05) is 19.1 Å². The molecule has 134 valence electrons. The molecular weight excluding hydrogens is 316 g/mol. The van der Waals surface area contributed by atoms with E-state index in [1.54, 1.807) is 19.8 Å². The summed E-state index contributed by atoms with van der Waals surface area (Å²) in [6.07, 6.45) is 6.80. The highest BCUT2D eigenvalue weighted by Gasteiger charge is 2.40. The molecule has 3 atom stereocenters. The molecule has 0 bridgehead atoms. The van der Waals surface area contributed by atoms with E-state index in [-0.39, 0.29) is 12.2 Å². The Kier molecular flexibility index (Phi) is 4.72. The first-order valence-corrected chi connectivity index (χ1v) is 9.15. The van der Waals surface area contributed by atoms with E-state index < -0.39 is 0 Å². The Morgan fingerprint density at radius 3 is 3.00 bits per heavy atom. The Morgan fingerprint density at radius 2 is 2.24 bits per heavy atom. The fraction of sp³-hybridized carbons (Fsp3) is 0.579. The van der Waals surface area contributed by atoms with Crippen molar-refractivity contribution in [3.63, 3.8) is 0 Å². The van der Waals surface area contributed by atoms with Crippen molar-refractivity contribution in [2.45, 2.75) is 51.0 Å². The molecule has 0 spiro atoms. The number of fused-ring (bicyclic) bond motifs is 2. The molecule has 6 nitrogen and oxygen atoms in total. The molecule has 25 heavy (non-hydrogen) atoms. The van der Waals surface area contributed by atoms with Gasteiger partial charge < -0.3 is 9.47 Å². The van der Waals surface area contributed by atoms with Gasteiger partial charge in [0.1, 0.15) is 18.4 Å². The highest BCUT2D eigenvalue weighted by atomic mass is 16.5. The van der Waals surface area contributed by atoms with Crippen LogP contribution in [0.15, 0.2) is 30.9 Å². The molecule has 2 aliphatic rings. The number of methoxy groups -OCH3 is 1. The summed E-state index contributed by atoms with van der Waals surface area (Å²) >= 11 is 0. The summed E-state index contributed by atoms with van der Waals surface area (Å²) in [5.74, 6) is 0.986. The second kappa shape index (κ2) is 7.14. The molecule has 1 aliphatic heterocycles. The lowest BCUT2D eigenvalue weighted by Crippen LogP contribution is -2.58. The average Bonchev–Trinajstić information content (AvgIpc) is 3.13. The zero-order valence-corrected chi connectivity index (χ0v) is 15.0. The fourth-order valence-corrected chi connectivity index (χ4v) is 4.29. The van der Waals surface area contributed by atoms with E-state index in [0.29, 0.717) is 6.04 Å². The van der Waals surface area contributed by atoms with E-state index in [9.17, 15) is 0 Å². The van der Waals surface area contributed by atoms with Crippen molar-refractivity contribution >= 4 is 0 Å². The van der Waals surface area contributed by atoms with Crippen LogP contribution in [0, 0.1) is 0 Å². The number of benzene rings is 1. The normalized spacial score (nSPS) is 26.1. The maximum atomic E-state index is 6.51. The SMILES string of the molecule is CCCN1C[C@H](Cn2cncn2)O[C@@H]2Cc3c(cccc3OC)C[C@H]21. The van der Waals surface area contributed by atoms with E-state index in [0.717, 1.165) is 44.6 Å². The third-order valence-electron chi connectivity index (χ3n) is 5.36. The lowest BCUT2D eigenvalue weighted by atomic mass is 9.83. The number of hydrogen-bond acceptors (Lipinski definition) is 5. The summed E-state index contributed by atoms with van der Waals surface area (Å²) in [6, 6.07) is 6.84. The zero-order valence-electron chi connectivity index (χ0n) is 15.0. The van der Waals surface area contributed by atoms with E-state index in [1.165, 1.54) is 11.1 Å². The van der Waals surface area contributed by atoms with Gasteiger partial charge in [0.15, 0.2) is 0 Å². The topological polar surface area (TPSA) is 52.4 Å². The number of morpholine rings is 1. The third-order valence-corrected chi connectivity index (χ3v) is 5.36. The fourth-order valence-electron chi connectivity index (χ4n) is 4.29. The third kappa shape index (κ3) is 3.28. The van der Waals surface area contributed by atoms with E-state index in [4.69, 9.17) is 9.47 Å². The van der Waals surface area contributed by atoms with Crippen LogP contribution in [-0.4, -0.2) is 58.1 Å². The van der Waals surface area contributed by atoms with Crippen LogP contribution in [0.3, 0.4) is 0 Å². The van der Waals surface area contributed by atoms with Gasteiger partial charge in [-0.25, -0.2) is 4.98 Å². The van der Waals surface area contributed by atoms with Crippen LogP contribution in [0.5, 0.6) is 5.75 Å². The molecule has 6 heteroatoms. The maximum absolute atomic E-state index is 6.51. The predicted molar refractivity (Wildman–Crippen MR) is 94.7 cm³/mol. The van der Waals surface area contributed by atoms with E-state index in [2.05, 4.69) is 40.1 Å². The summed E-state index contributed by atoms with van der Waals surface area (Å²) < 4.78 is 14.0. The van der Waals surface area contributed by atoms with Crippen molar-refractivity contribution in [1.29, 1.82) is 0 Å².